The SMILES string of the molecule is COc1ccc(C(=O)Nc2ccccc2NC(=O)C2CCN(Cc3ccccc3[N+](=O)[O-])CC2)cc1. The standard InChI is InChI=1S/C27H28N4O5/c1-36-22-12-10-19(11-13-22)26(32)28-23-7-3-4-8-24(23)29-27(33)20-14-16-30(17-15-20)18-21-6-2-5-9-25(21)31(34)35/h2-13,20H,14-18H2,1H3,(H,28,32)(H,29,33). The Morgan fingerprint density at radius 1 is 0.944 bits per heavy atom. The van der Waals surface area contributed by atoms with Gasteiger partial charge in [-0.2, -0.15) is 0 Å². The predicted octanol–water partition coefficient (Wildman–Crippen LogP) is 4.71. The number of carbonyl (C=O) groups is 2. The number of nitro benzene ring substituents is 1. The molecule has 2 N–H and O–H groups in total. The molecule has 36 heavy (non-hydrogen) atoms. The van der Waals surface area contributed by atoms with Crippen LogP contribution in [-0.2, 0) is 11.3 Å². The smallest absolute Gasteiger partial charge is 0.273 e. The minimum atomic E-state index is -0.361. The summed E-state index contributed by atoms with van der Waals surface area (Å²) in [6.07, 6.45) is 1.29. The summed E-state index contributed by atoms with van der Waals surface area (Å²) in [7, 11) is 1.56. The highest BCUT2D eigenvalue weighted by Crippen LogP contribution is 2.27. The molecule has 0 unspecified atom stereocenters. The van der Waals surface area contributed by atoms with Gasteiger partial charge in [-0.25, -0.2) is 0 Å². The minimum absolute atomic E-state index is 0.105. The van der Waals surface area contributed by atoms with Crippen molar-refractivity contribution in [1.82, 2.24) is 4.90 Å². The third kappa shape index (κ3) is 6.05. The third-order valence-corrected chi connectivity index (χ3v) is 6.33. The van der Waals surface area contributed by atoms with E-state index in [0.717, 1.165) is 0 Å². The Bertz CT molecular complexity index is 1240. The lowest BCUT2D eigenvalue weighted by Crippen LogP contribution is -2.38. The summed E-state index contributed by atoms with van der Waals surface area (Å²) in [6.45, 7) is 1.81. The lowest BCUT2D eigenvalue weighted by molar-refractivity contribution is -0.385. The molecular weight excluding hydrogens is 460 g/mol. The molecule has 9 heteroatoms. The monoisotopic (exact) mass is 488 g/mol. The number of methoxy groups -OCH3 is 1. The number of nitrogens with zero attached hydrogens (tertiary/aromatic N) is 2. The average Bonchev–Trinajstić information content (AvgIpc) is 2.90. The first-order valence-electron chi connectivity index (χ1n) is 11.7. The average molecular weight is 489 g/mol. The third-order valence-electron chi connectivity index (χ3n) is 6.33. The number of hydrogen-bond donors (Lipinski definition) is 2. The van der Waals surface area contributed by atoms with Crippen molar-refractivity contribution >= 4 is 28.9 Å². The number of nitrogens with one attached hydrogen (secondary N) is 2. The van der Waals surface area contributed by atoms with Gasteiger partial charge >= 0.3 is 0 Å². The molecule has 0 spiro atoms. The van der Waals surface area contributed by atoms with Crippen molar-refractivity contribution in [3.8, 4) is 5.75 Å². The fourth-order valence-electron chi connectivity index (χ4n) is 4.29. The molecule has 9 nitrogen and oxygen atoms in total. The van der Waals surface area contributed by atoms with Gasteiger partial charge in [0.1, 0.15) is 5.75 Å². The Balaban J connectivity index is 1.34. The quantitative estimate of drug-likeness (QED) is 0.351. The second-order valence-electron chi connectivity index (χ2n) is 8.65. The van der Waals surface area contributed by atoms with Crippen LogP contribution in [-0.4, -0.2) is 41.8 Å². The van der Waals surface area contributed by atoms with E-state index < -0.39 is 0 Å². The Labute approximate surface area is 209 Å². The Hall–Kier alpha value is -4.24. The van der Waals surface area contributed by atoms with Gasteiger partial charge in [-0.3, -0.25) is 24.6 Å². The zero-order valence-electron chi connectivity index (χ0n) is 20.0. The van der Waals surface area contributed by atoms with E-state index in [1.165, 1.54) is 6.07 Å². The van der Waals surface area contributed by atoms with Gasteiger partial charge in [0.15, 0.2) is 0 Å². The lowest BCUT2D eigenvalue weighted by Gasteiger charge is -2.31. The number of ether oxygens (including phenoxy) is 1. The van der Waals surface area contributed by atoms with Crippen LogP contribution in [0.15, 0.2) is 72.8 Å². The van der Waals surface area contributed by atoms with E-state index in [4.69, 9.17) is 4.74 Å². The molecule has 3 aromatic rings. The van der Waals surface area contributed by atoms with Crippen LogP contribution in [0.1, 0.15) is 28.8 Å². The molecule has 186 valence electrons. The van der Waals surface area contributed by atoms with Crippen LogP contribution < -0.4 is 15.4 Å². The van der Waals surface area contributed by atoms with Gasteiger partial charge in [-0.05, 0) is 62.3 Å². The molecule has 1 aliphatic rings. The summed E-state index contributed by atoms with van der Waals surface area (Å²) in [5.41, 5.74) is 2.31. The largest absolute Gasteiger partial charge is 0.497 e. The lowest BCUT2D eigenvalue weighted by atomic mass is 9.95. The zero-order chi connectivity index (χ0) is 25.5. The molecule has 1 fully saturated rings. The summed E-state index contributed by atoms with van der Waals surface area (Å²) in [5, 5.41) is 17.1. The van der Waals surface area contributed by atoms with E-state index >= 15 is 0 Å². The van der Waals surface area contributed by atoms with E-state index in [1.807, 2.05) is 0 Å². The Kier molecular flexibility index (Phi) is 7.92. The molecule has 0 atom stereocenters. The molecule has 3 aromatic carbocycles. The molecule has 2 amide bonds. The van der Waals surface area contributed by atoms with Crippen molar-refractivity contribution in [2.75, 3.05) is 30.8 Å². The predicted molar refractivity (Wildman–Crippen MR) is 137 cm³/mol. The van der Waals surface area contributed by atoms with E-state index in [1.54, 1.807) is 73.8 Å². The molecule has 1 heterocycles. The van der Waals surface area contributed by atoms with Crippen LogP contribution in [0.5, 0.6) is 5.75 Å². The maximum absolute atomic E-state index is 13.0. The molecule has 1 saturated heterocycles. The molecule has 0 radical (unpaired) electrons. The van der Waals surface area contributed by atoms with Gasteiger partial charge in [-0.15, -0.1) is 0 Å². The number of para-hydroxylation sites is 3. The molecule has 1 aliphatic heterocycles. The van der Waals surface area contributed by atoms with Crippen molar-refractivity contribution in [1.29, 1.82) is 0 Å². The highest BCUT2D eigenvalue weighted by atomic mass is 16.6. The number of hydrogen-bond acceptors (Lipinski definition) is 6. The second-order valence-corrected chi connectivity index (χ2v) is 8.65. The van der Waals surface area contributed by atoms with Crippen LogP contribution in [0.25, 0.3) is 0 Å². The van der Waals surface area contributed by atoms with Crippen LogP contribution in [0, 0.1) is 16.0 Å². The molecular formula is C27H28N4O5. The molecule has 0 aliphatic carbocycles. The van der Waals surface area contributed by atoms with Crippen LogP contribution in [0.2, 0.25) is 0 Å². The van der Waals surface area contributed by atoms with Gasteiger partial charge in [0.05, 0.1) is 23.4 Å². The van der Waals surface area contributed by atoms with Gasteiger partial charge in [0.25, 0.3) is 11.6 Å². The number of carbonyl (C=O) groups excluding carboxylic acids is 2. The van der Waals surface area contributed by atoms with E-state index in [2.05, 4.69) is 15.5 Å². The number of anilines is 2. The molecule has 0 saturated carbocycles. The van der Waals surface area contributed by atoms with Crippen molar-refractivity contribution < 1.29 is 19.2 Å². The number of nitro groups is 1. The number of benzene rings is 3. The maximum Gasteiger partial charge on any atom is 0.273 e. The van der Waals surface area contributed by atoms with E-state index in [-0.39, 0.29) is 28.3 Å². The summed E-state index contributed by atoms with van der Waals surface area (Å²) < 4.78 is 5.13. The zero-order valence-corrected chi connectivity index (χ0v) is 20.0. The van der Waals surface area contributed by atoms with Crippen molar-refractivity contribution in [3.63, 3.8) is 0 Å². The first-order chi connectivity index (χ1) is 17.4. The van der Waals surface area contributed by atoms with Crippen molar-refractivity contribution in [2.45, 2.75) is 19.4 Å². The van der Waals surface area contributed by atoms with E-state index in [9.17, 15) is 19.7 Å². The Morgan fingerprint density at radius 3 is 2.19 bits per heavy atom. The molecule has 4 rings (SSSR count). The van der Waals surface area contributed by atoms with E-state index in [0.29, 0.717) is 60.7 Å². The Morgan fingerprint density at radius 2 is 1.56 bits per heavy atom. The number of rotatable bonds is 8. The topological polar surface area (TPSA) is 114 Å². The number of piperidine rings is 1. The summed E-state index contributed by atoms with van der Waals surface area (Å²) in [5.74, 6) is 0.0822. The second kappa shape index (κ2) is 11.5. The molecule has 0 aromatic heterocycles. The van der Waals surface area contributed by atoms with Gasteiger partial charge in [0.2, 0.25) is 5.91 Å². The normalized spacial score (nSPS) is 14.1. The van der Waals surface area contributed by atoms with Crippen molar-refractivity contribution in [2.24, 2.45) is 5.92 Å². The van der Waals surface area contributed by atoms with Crippen LogP contribution in [0.4, 0.5) is 17.1 Å². The number of likely N-dealkylation sites (tertiary alicyclic amines) is 1. The van der Waals surface area contributed by atoms with Crippen LogP contribution in [0.3, 0.4) is 0 Å². The molecule has 0 bridgehead atoms. The fraction of sp³-hybridized carbons (Fsp3) is 0.259. The highest BCUT2D eigenvalue weighted by molar-refractivity contribution is 6.07. The maximum atomic E-state index is 13.0. The fourth-order valence-corrected chi connectivity index (χ4v) is 4.29. The van der Waals surface area contributed by atoms with Gasteiger partial charge in [0, 0.05) is 29.7 Å². The first kappa shape index (κ1) is 24.9. The summed E-state index contributed by atoms with van der Waals surface area (Å²) in [6, 6.07) is 20.6. The minimum Gasteiger partial charge on any atom is -0.497 e. The summed E-state index contributed by atoms with van der Waals surface area (Å²) >= 11 is 0. The van der Waals surface area contributed by atoms with Crippen molar-refractivity contribution in [3.05, 3.63) is 94.0 Å². The number of amides is 2. The summed E-state index contributed by atoms with van der Waals surface area (Å²) in [4.78, 5) is 38.8. The van der Waals surface area contributed by atoms with Crippen LogP contribution >= 0.6 is 0 Å². The first-order valence-corrected chi connectivity index (χ1v) is 11.7. The van der Waals surface area contributed by atoms with Gasteiger partial charge < -0.3 is 15.4 Å². The highest BCUT2D eigenvalue weighted by Gasteiger charge is 2.27. The van der Waals surface area contributed by atoms with Gasteiger partial charge in [-0.1, -0.05) is 30.3 Å².